The summed E-state index contributed by atoms with van der Waals surface area (Å²) in [4.78, 5) is 42.1. The second-order valence-electron chi connectivity index (χ2n) is 17.2. The number of imidazole rings is 1. The first-order valence-corrected chi connectivity index (χ1v) is 21.8. The van der Waals surface area contributed by atoms with Crippen LogP contribution in [0.25, 0.3) is 16.9 Å². The van der Waals surface area contributed by atoms with Gasteiger partial charge < -0.3 is 36.2 Å². The second kappa shape index (κ2) is 16.4. The van der Waals surface area contributed by atoms with Crippen molar-refractivity contribution in [2.75, 3.05) is 73.3 Å². The van der Waals surface area contributed by atoms with Crippen LogP contribution >= 0.6 is 0 Å². The van der Waals surface area contributed by atoms with Gasteiger partial charge in [-0.2, -0.15) is 0 Å². The molecular formula is C45H52F2N12O3. The Labute approximate surface area is 358 Å². The zero-order valence-electron chi connectivity index (χ0n) is 34.7. The Balaban J connectivity index is 0.749. The topological polar surface area (TPSA) is 159 Å². The molecule has 4 fully saturated rings. The van der Waals surface area contributed by atoms with Crippen molar-refractivity contribution in [2.45, 2.75) is 75.3 Å². The summed E-state index contributed by atoms with van der Waals surface area (Å²) in [5, 5.41) is 27.2. The first kappa shape index (κ1) is 40.2. The van der Waals surface area contributed by atoms with Crippen molar-refractivity contribution in [1.82, 2.24) is 40.0 Å². The number of halogens is 2. The molecule has 0 spiro atoms. The van der Waals surface area contributed by atoms with E-state index >= 15 is 8.78 Å². The smallest absolute Gasteiger partial charge is 0.275 e. The van der Waals surface area contributed by atoms with Gasteiger partial charge in [0.2, 0.25) is 5.91 Å². The van der Waals surface area contributed by atoms with Gasteiger partial charge in [0.25, 0.3) is 11.8 Å². The average molecular weight is 847 g/mol. The van der Waals surface area contributed by atoms with Gasteiger partial charge in [0, 0.05) is 100 Å². The largest absolute Gasteiger partial charge is 0.385 e. The number of likely N-dealkylation sites (tertiary alicyclic amines) is 1. The molecule has 324 valence electrons. The van der Waals surface area contributed by atoms with Crippen LogP contribution in [0.1, 0.15) is 53.7 Å². The molecular weight excluding hydrogens is 795 g/mol. The average Bonchev–Trinajstić information content (AvgIpc) is 3.80. The number of aliphatic hydroxyl groups is 1. The van der Waals surface area contributed by atoms with Gasteiger partial charge in [-0.3, -0.25) is 24.4 Å². The van der Waals surface area contributed by atoms with Crippen LogP contribution in [0.5, 0.6) is 0 Å². The molecule has 7 heterocycles. The predicted octanol–water partition coefficient (Wildman–Crippen LogP) is 4.46. The van der Waals surface area contributed by atoms with E-state index < -0.39 is 18.2 Å². The highest BCUT2D eigenvalue weighted by atomic mass is 19.3. The van der Waals surface area contributed by atoms with Crippen molar-refractivity contribution in [1.29, 1.82) is 0 Å². The van der Waals surface area contributed by atoms with Crippen molar-refractivity contribution < 1.29 is 23.5 Å². The number of carbonyl (C=O) groups is 2. The van der Waals surface area contributed by atoms with Crippen molar-refractivity contribution in [3.63, 3.8) is 0 Å². The third kappa shape index (κ3) is 7.99. The van der Waals surface area contributed by atoms with E-state index in [4.69, 9.17) is 10.1 Å². The molecule has 5 N–H and O–H groups in total. The van der Waals surface area contributed by atoms with Crippen LogP contribution in [0, 0.1) is 0 Å². The van der Waals surface area contributed by atoms with Gasteiger partial charge in [0.1, 0.15) is 6.23 Å². The summed E-state index contributed by atoms with van der Waals surface area (Å²) < 4.78 is 33.4. The zero-order valence-corrected chi connectivity index (χ0v) is 34.7. The normalized spacial score (nSPS) is 23.0. The molecule has 3 atom stereocenters. The molecule has 62 heavy (non-hydrogen) atoms. The van der Waals surface area contributed by atoms with Crippen LogP contribution in [-0.4, -0.2) is 129 Å². The Morgan fingerprint density at radius 2 is 1.76 bits per heavy atom. The lowest BCUT2D eigenvalue weighted by Crippen LogP contribution is -2.61. The highest BCUT2D eigenvalue weighted by molar-refractivity contribution is 5.94. The summed E-state index contributed by atoms with van der Waals surface area (Å²) in [7, 11) is 1.83. The molecule has 2 aromatic carbocycles. The van der Waals surface area contributed by atoms with E-state index in [2.05, 4.69) is 48.2 Å². The van der Waals surface area contributed by atoms with Gasteiger partial charge in [-0.1, -0.05) is 18.2 Å². The molecule has 15 nitrogen and oxygen atoms in total. The van der Waals surface area contributed by atoms with E-state index in [0.29, 0.717) is 82.2 Å². The van der Waals surface area contributed by atoms with Crippen molar-refractivity contribution in [2.24, 2.45) is 0 Å². The molecule has 17 heteroatoms. The summed E-state index contributed by atoms with van der Waals surface area (Å²) in [6.45, 7) is 3.84. The van der Waals surface area contributed by atoms with E-state index in [1.807, 2.05) is 71.6 Å². The molecule has 1 saturated carbocycles. The van der Waals surface area contributed by atoms with Gasteiger partial charge in [-0.15, -0.1) is 5.10 Å². The number of piperidine rings is 2. The Kier molecular flexibility index (Phi) is 10.6. The number of aromatic nitrogens is 4. The number of nitrogens with zero attached hydrogens (tertiary/aromatic N) is 8. The van der Waals surface area contributed by atoms with Crippen LogP contribution in [0.3, 0.4) is 0 Å². The van der Waals surface area contributed by atoms with E-state index in [9.17, 15) is 14.7 Å². The fourth-order valence-electron chi connectivity index (χ4n) is 9.55. The molecule has 5 aromatic rings. The zero-order chi connectivity index (χ0) is 42.5. The first-order chi connectivity index (χ1) is 30.1. The van der Waals surface area contributed by atoms with Crippen molar-refractivity contribution in [3.05, 3.63) is 89.9 Å². The summed E-state index contributed by atoms with van der Waals surface area (Å²) in [5.74, 6) is -2.47. The maximum absolute atomic E-state index is 15.9. The Bertz CT molecular complexity index is 2450. The molecule has 2 amide bonds. The number of anilines is 5. The van der Waals surface area contributed by atoms with E-state index in [1.165, 1.54) is 0 Å². The number of alkyl halides is 2. The van der Waals surface area contributed by atoms with Crippen LogP contribution in [0.15, 0.2) is 73.1 Å². The lowest BCUT2D eigenvalue weighted by Gasteiger charge is -2.46. The third-order valence-electron chi connectivity index (χ3n) is 13.0. The fourth-order valence-corrected chi connectivity index (χ4v) is 9.55. The van der Waals surface area contributed by atoms with Crippen LogP contribution < -0.4 is 31.1 Å². The number of piperazine rings is 1. The highest BCUT2D eigenvalue weighted by Gasteiger charge is 2.48. The number of carbonyl (C=O) groups excluding carboxylic acids is 2. The minimum Gasteiger partial charge on any atom is -0.385 e. The Morgan fingerprint density at radius 1 is 0.935 bits per heavy atom. The van der Waals surface area contributed by atoms with E-state index in [1.54, 1.807) is 10.7 Å². The molecule has 3 saturated heterocycles. The second-order valence-corrected chi connectivity index (χ2v) is 17.2. The number of hydrogen-bond donors (Lipinski definition) is 5. The van der Waals surface area contributed by atoms with E-state index in [0.717, 1.165) is 64.4 Å². The molecule has 2 unspecified atom stereocenters. The molecule has 3 aromatic heterocycles. The number of aliphatic hydroxyl groups excluding tert-OH is 1. The number of fused-ring (bicyclic) bond motifs is 2. The molecule has 4 aliphatic heterocycles. The first-order valence-electron chi connectivity index (χ1n) is 21.8. The van der Waals surface area contributed by atoms with Crippen LogP contribution in [0.4, 0.5) is 37.3 Å². The number of nitrogens with one attached hydrogen (secondary N) is 4. The molecule has 5 aliphatic rings. The number of hydrogen-bond acceptors (Lipinski definition) is 12. The summed E-state index contributed by atoms with van der Waals surface area (Å²) in [5.41, 5.74) is 8.56. The Morgan fingerprint density at radius 3 is 2.48 bits per heavy atom. The van der Waals surface area contributed by atoms with Gasteiger partial charge in [0.15, 0.2) is 17.2 Å². The standard InChI is InChI=1S/C45H52F2N12O3/c1-48-36-23-40(54-59-38(25-50-42(36)59)44(62)52-30-6-7-30)58-18-15-33-32(3-2-4-37(33)58)34-12-5-28(24-49-34)26-55-17-16-39(45(46,47)27-55)57-21-19-56(20-22-57)31-10-8-29(9-11-31)51-35-13-14-41(60)53-43(35)61/h2-5,8-12,23-25,30,35,39,43,48,51,61H,6-7,13-22,26-27H2,1H3,(H,52,62)(H,53,60)/t35?,39-,43?/m1/s1. The number of amides is 2. The predicted molar refractivity (Wildman–Crippen MR) is 233 cm³/mol. The summed E-state index contributed by atoms with van der Waals surface area (Å²) >= 11 is 0. The van der Waals surface area contributed by atoms with Gasteiger partial charge in [0.05, 0.1) is 36.2 Å². The minimum atomic E-state index is -2.85. The quantitative estimate of drug-likeness (QED) is 0.127. The third-order valence-corrected chi connectivity index (χ3v) is 13.0. The molecule has 0 bridgehead atoms. The number of rotatable bonds is 11. The molecule has 10 rings (SSSR count). The lowest BCUT2D eigenvalue weighted by atomic mass is 9.97. The van der Waals surface area contributed by atoms with Crippen LogP contribution in [-0.2, 0) is 17.8 Å². The van der Waals surface area contributed by atoms with Gasteiger partial charge in [-0.05, 0) is 79.6 Å². The Hall–Kier alpha value is -5.91. The fraction of sp³-hybridized carbons (Fsp3) is 0.444. The maximum Gasteiger partial charge on any atom is 0.275 e. The van der Waals surface area contributed by atoms with Crippen molar-refractivity contribution in [3.8, 4) is 11.3 Å². The molecule has 0 radical (unpaired) electrons. The number of benzene rings is 2. The monoisotopic (exact) mass is 846 g/mol. The SMILES string of the molecule is CNc1cc(N2CCc3c(-c4ccc(CN5CC[C@@H](N6CCN(c7ccc(NC8CCC(=O)NC8O)cc7)CC6)C(F)(F)C5)cn4)cccc32)nn2c(C(=O)NC3CC3)cnc12. The maximum atomic E-state index is 15.9. The van der Waals surface area contributed by atoms with Crippen LogP contribution in [0.2, 0.25) is 0 Å². The summed E-state index contributed by atoms with van der Waals surface area (Å²) in [6.07, 6.45) is 6.54. The summed E-state index contributed by atoms with van der Waals surface area (Å²) in [6, 6.07) is 19.2. The van der Waals surface area contributed by atoms with E-state index in [-0.39, 0.29) is 30.4 Å². The van der Waals surface area contributed by atoms with Gasteiger partial charge in [-0.25, -0.2) is 18.3 Å². The van der Waals surface area contributed by atoms with Crippen molar-refractivity contribution >= 4 is 46.0 Å². The van der Waals surface area contributed by atoms with Gasteiger partial charge >= 0.3 is 0 Å². The highest BCUT2D eigenvalue weighted by Crippen LogP contribution is 2.40. The lowest BCUT2D eigenvalue weighted by molar-refractivity contribution is -0.129. The molecule has 1 aliphatic carbocycles. The number of pyridine rings is 1. The minimum absolute atomic E-state index is 0.148.